The van der Waals surface area contributed by atoms with Crippen LogP contribution < -0.4 is 9.47 Å². The van der Waals surface area contributed by atoms with Crippen LogP contribution in [0.15, 0.2) is 70.3 Å². The van der Waals surface area contributed by atoms with Crippen LogP contribution in [0.1, 0.15) is 10.4 Å². The van der Waals surface area contributed by atoms with Gasteiger partial charge in [0.05, 0.1) is 5.75 Å². The number of thioether (sulfide) groups is 1. The third kappa shape index (κ3) is 3.20. The van der Waals surface area contributed by atoms with Crippen molar-refractivity contribution in [1.29, 1.82) is 0 Å². The predicted octanol–water partition coefficient (Wildman–Crippen LogP) is 4.59. The highest BCUT2D eigenvalue weighted by Gasteiger charge is 2.17. The second-order valence-corrected chi connectivity index (χ2v) is 7.14. The van der Waals surface area contributed by atoms with Gasteiger partial charge in [-0.3, -0.25) is 4.79 Å². The molecule has 0 atom stereocenters. The number of ether oxygens (including phenoxy) is 2. The molecule has 0 unspecified atom stereocenters. The van der Waals surface area contributed by atoms with Crippen molar-refractivity contribution < 1.29 is 18.7 Å². The van der Waals surface area contributed by atoms with Gasteiger partial charge in [-0.25, -0.2) is 0 Å². The number of Topliss-reactive ketones (excluding diaryl/α,β-unsaturated/α-hetero) is 1. The first-order valence-electron chi connectivity index (χ1n) is 8.64. The molecule has 0 aliphatic carbocycles. The average molecular weight is 390 g/mol. The zero-order chi connectivity index (χ0) is 18.9. The molecule has 0 saturated heterocycles. The number of fused-ring (bicyclic) bond motifs is 2. The van der Waals surface area contributed by atoms with Gasteiger partial charge in [0, 0.05) is 11.1 Å². The van der Waals surface area contributed by atoms with Crippen molar-refractivity contribution in [3.8, 4) is 23.0 Å². The minimum Gasteiger partial charge on any atom is -0.454 e. The fourth-order valence-corrected chi connectivity index (χ4v) is 3.65. The van der Waals surface area contributed by atoms with E-state index in [0.717, 1.165) is 16.3 Å². The Morgan fingerprint density at radius 1 is 0.929 bits per heavy atom. The Morgan fingerprint density at radius 3 is 2.71 bits per heavy atom. The van der Waals surface area contributed by atoms with Gasteiger partial charge in [0.15, 0.2) is 17.3 Å². The highest BCUT2D eigenvalue weighted by atomic mass is 32.2. The lowest BCUT2D eigenvalue weighted by atomic mass is 10.1. The van der Waals surface area contributed by atoms with Gasteiger partial charge < -0.3 is 13.9 Å². The van der Waals surface area contributed by atoms with Gasteiger partial charge in [-0.15, -0.1) is 10.2 Å². The molecular weight excluding hydrogens is 376 g/mol. The van der Waals surface area contributed by atoms with Gasteiger partial charge in [-0.1, -0.05) is 48.2 Å². The Labute approximate surface area is 164 Å². The minimum absolute atomic E-state index is 0.0126. The monoisotopic (exact) mass is 390 g/mol. The van der Waals surface area contributed by atoms with Crippen LogP contribution in [0, 0.1) is 0 Å². The van der Waals surface area contributed by atoms with E-state index in [1.807, 2.05) is 48.5 Å². The molecule has 0 spiro atoms. The summed E-state index contributed by atoms with van der Waals surface area (Å²) in [6, 6.07) is 19.1. The van der Waals surface area contributed by atoms with Crippen molar-refractivity contribution in [3.05, 3.63) is 66.2 Å². The molecule has 0 fully saturated rings. The minimum atomic E-state index is 0.0126. The predicted molar refractivity (Wildman–Crippen MR) is 105 cm³/mol. The summed E-state index contributed by atoms with van der Waals surface area (Å²) >= 11 is 1.22. The van der Waals surface area contributed by atoms with Crippen molar-refractivity contribution in [2.75, 3.05) is 12.5 Å². The first kappa shape index (κ1) is 16.8. The molecule has 0 amide bonds. The van der Waals surface area contributed by atoms with E-state index in [0.29, 0.717) is 28.2 Å². The fourth-order valence-electron chi connectivity index (χ4n) is 2.99. The molecule has 1 aliphatic heterocycles. The van der Waals surface area contributed by atoms with Crippen LogP contribution in [0.5, 0.6) is 11.5 Å². The highest BCUT2D eigenvalue weighted by Crippen LogP contribution is 2.36. The molecule has 28 heavy (non-hydrogen) atoms. The van der Waals surface area contributed by atoms with Crippen LogP contribution >= 0.6 is 11.8 Å². The number of ketones is 1. The quantitative estimate of drug-likeness (QED) is 0.364. The number of nitrogens with zero attached hydrogens (tertiary/aromatic N) is 2. The van der Waals surface area contributed by atoms with E-state index in [1.165, 1.54) is 11.8 Å². The van der Waals surface area contributed by atoms with E-state index in [-0.39, 0.29) is 18.3 Å². The Kier molecular flexibility index (Phi) is 4.21. The van der Waals surface area contributed by atoms with Crippen LogP contribution in [-0.2, 0) is 0 Å². The van der Waals surface area contributed by atoms with E-state index in [4.69, 9.17) is 13.9 Å². The molecule has 5 rings (SSSR count). The van der Waals surface area contributed by atoms with E-state index in [2.05, 4.69) is 10.2 Å². The van der Waals surface area contributed by atoms with Gasteiger partial charge in [-0.2, -0.15) is 0 Å². The number of aromatic nitrogens is 2. The average Bonchev–Trinajstić information content (AvgIpc) is 3.40. The van der Waals surface area contributed by atoms with Gasteiger partial charge in [0.1, 0.15) is 0 Å². The number of hydrogen-bond donors (Lipinski definition) is 0. The molecule has 4 aromatic rings. The van der Waals surface area contributed by atoms with Crippen LogP contribution in [0.3, 0.4) is 0 Å². The van der Waals surface area contributed by atoms with Crippen molar-refractivity contribution >= 4 is 28.3 Å². The molecule has 0 saturated carbocycles. The smallest absolute Gasteiger partial charge is 0.277 e. The SMILES string of the molecule is O=C(CSc1nnc(-c2ccc3c(c2)OCO3)o1)c1ccc2ccccc2c1. The van der Waals surface area contributed by atoms with Crippen molar-refractivity contribution in [1.82, 2.24) is 10.2 Å². The Bertz CT molecular complexity index is 1190. The molecule has 6 nitrogen and oxygen atoms in total. The van der Waals surface area contributed by atoms with E-state index in [1.54, 1.807) is 12.1 Å². The molecular formula is C21H14N2O4S. The zero-order valence-electron chi connectivity index (χ0n) is 14.6. The molecule has 0 radical (unpaired) electrons. The normalized spacial score (nSPS) is 12.4. The molecule has 1 aliphatic rings. The summed E-state index contributed by atoms with van der Waals surface area (Å²) in [7, 11) is 0. The number of rotatable bonds is 5. The van der Waals surface area contributed by atoms with Crippen LogP contribution in [0.25, 0.3) is 22.2 Å². The number of hydrogen-bond acceptors (Lipinski definition) is 7. The first-order valence-corrected chi connectivity index (χ1v) is 9.63. The lowest BCUT2D eigenvalue weighted by molar-refractivity contribution is 0.102. The molecule has 0 N–H and O–H groups in total. The lowest BCUT2D eigenvalue weighted by Crippen LogP contribution is -2.02. The summed E-state index contributed by atoms with van der Waals surface area (Å²) in [5, 5.41) is 10.6. The summed E-state index contributed by atoms with van der Waals surface area (Å²) in [6.45, 7) is 0.209. The second kappa shape index (κ2) is 7.01. The molecule has 138 valence electrons. The van der Waals surface area contributed by atoms with Gasteiger partial charge in [0.2, 0.25) is 12.7 Å². The van der Waals surface area contributed by atoms with Gasteiger partial charge in [-0.05, 0) is 35.0 Å². The summed E-state index contributed by atoms with van der Waals surface area (Å²) in [4.78, 5) is 12.5. The molecule has 2 heterocycles. The van der Waals surface area contributed by atoms with Crippen molar-refractivity contribution in [2.45, 2.75) is 5.22 Å². The highest BCUT2D eigenvalue weighted by molar-refractivity contribution is 7.99. The Morgan fingerprint density at radius 2 is 1.79 bits per heavy atom. The lowest BCUT2D eigenvalue weighted by Gasteiger charge is -2.02. The number of benzene rings is 3. The fraction of sp³-hybridized carbons (Fsp3) is 0.0952. The summed E-state index contributed by atoms with van der Waals surface area (Å²) in [6.07, 6.45) is 0. The first-order chi connectivity index (χ1) is 13.8. The van der Waals surface area contributed by atoms with Crippen LogP contribution in [0.4, 0.5) is 0 Å². The number of carbonyl (C=O) groups excluding carboxylic acids is 1. The van der Waals surface area contributed by atoms with Crippen molar-refractivity contribution in [3.63, 3.8) is 0 Å². The zero-order valence-corrected chi connectivity index (χ0v) is 15.4. The maximum atomic E-state index is 12.5. The standard InChI is InChI=1S/C21H14N2O4S/c24-17(15-6-5-13-3-1-2-4-14(13)9-15)11-28-21-23-22-20(27-21)16-7-8-18-19(10-16)26-12-25-18/h1-10H,11-12H2. The third-order valence-electron chi connectivity index (χ3n) is 4.42. The summed E-state index contributed by atoms with van der Waals surface area (Å²) in [5.41, 5.74) is 1.41. The number of carbonyl (C=O) groups is 1. The van der Waals surface area contributed by atoms with Gasteiger partial charge in [0.25, 0.3) is 5.22 Å². The van der Waals surface area contributed by atoms with Crippen molar-refractivity contribution in [2.24, 2.45) is 0 Å². The Balaban J connectivity index is 1.28. The van der Waals surface area contributed by atoms with Crippen LogP contribution in [-0.4, -0.2) is 28.5 Å². The van der Waals surface area contributed by atoms with Crippen LogP contribution in [0.2, 0.25) is 0 Å². The van der Waals surface area contributed by atoms with E-state index >= 15 is 0 Å². The van der Waals surface area contributed by atoms with Gasteiger partial charge >= 0.3 is 0 Å². The second-order valence-electron chi connectivity index (χ2n) is 6.21. The molecule has 0 bridgehead atoms. The third-order valence-corrected chi connectivity index (χ3v) is 5.24. The van der Waals surface area contributed by atoms with E-state index < -0.39 is 0 Å². The molecule has 7 heteroatoms. The maximum absolute atomic E-state index is 12.5. The summed E-state index contributed by atoms with van der Waals surface area (Å²) < 4.78 is 16.3. The molecule has 3 aromatic carbocycles. The maximum Gasteiger partial charge on any atom is 0.277 e. The summed E-state index contributed by atoms with van der Waals surface area (Å²) in [5.74, 6) is 1.95. The Hall–Kier alpha value is -3.32. The molecule has 1 aromatic heterocycles. The largest absolute Gasteiger partial charge is 0.454 e. The van der Waals surface area contributed by atoms with E-state index in [9.17, 15) is 4.79 Å². The topological polar surface area (TPSA) is 74.5 Å².